The summed E-state index contributed by atoms with van der Waals surface area (Å²) >= 11 is 0. The van der Waals surface area contributed by atoms with Crippen molar-refractivity contribution in [1.82, 2.24) is 19.9 Å². The second-order valence-corrected chi connectivity index (χ2v) is 7.01. The van der Waals surface area contributed by atoms with Gasteiger partial charge in [-0.15, -0.1) is 0 Å². The standard InChI is InChI=1S/C22H25N5O/c1-15(2)27(4)22(28)19-7-5-17(6-8-19)14-24-20-13-16(3)25-21(26-20)18-9-11-23-12-10-18/h5-13,15H,14H2,1-4H3,(H,24,25,26). The molecule has 6 heteroatoms. The summed E-state index contributed by atoms with van der Waals surface area (Å²) < 4.78 is 0. The van der Waals surface area contributed by atoms with Crippen molar-refractivity contribution < 1.29 is 4.79 Å². The number of amides is 1. The van der Waals surface area contributed by atoms with E-state index in [9.17, 15) is 4.79 Å². The largest absolute Gasteiger partial charge is 0.366 e. The zero-order chi connectivity index (χ0) is 20.1. The number of hydrogen-bond acceptors (Lipinski definition) is 5. The number of aryl methyl sites for hydroxylation is 1. The van der Waals surface area contributed by atoms with Gasteiger partial charge < -0.3 is 10.2 Å². The van der Waals surface area contributed by atoms with Crippen LogP contribution in [0.15, 0.2) is 54.9 Å². The molecule has 2 heterocycles. The first-order valence-electron chi connectivity index (χ1n) is 9.30. The van der Waals surface area contributed by atoms with Gasteiger partial charge in [-0.3, -0.25) is 9.78 Å². The molecular weight excluding hydrogens is 350 g/mol. The van der Waals surface area contributed by atoms with Crippen LogP contribution >= 0.6 is 0 Å². The Labute approximate surface area is 165 Å². The van der Waals surface area contributed by atoms with Crippen LogP contribution in [-0.4, -0.2) is 38.8 Å². The van der Waals surface area contributed by atoms with Gasteiger partial charge >= 0.3 is 0 Å². The highest BCUT2D eigenvalue weighted by molar-refractivity contribution is 5.94. The molecule has 144 valence electrons. The van der Waals surface area contributed by atoms with Crippen molar-refractivity contribution in [3.63, 3.8) is 0 Å². The molecule has 2 aromatic heterocycles. The predicted octanol–water partition coefficient (Wildman–Crippen LogP) is 3.94. The SMILES string of the molecule is Cc1cc(NCc2ccc(C(=O)N(C)C(C)C)cc2)nc(-c2ccncc2)n1. The van der Waals surface area contributed by atoms with Crippen molar-refractivity contribution in [2.45, 2.75) is 33.4 Å². The number of nitrogens with one attached hydrogen (secondary N) is 1. The van der Waals surface area contributed by atoms with E-state index in [4.69, 9.17) is 0 Å². The highest BCUT2D eigenvalue weighted by Gasteiger charge is 2.14. The molecule has 1 aromatic carbocycles. The quantitative estimate of drug-likeness (QED) is 0.707. The Morgan fingerprint density at radius 2 is 1.75 bits per heavy atom. The molecule has 3 rings (SSSR count). The average Bonchev–Trinajstić information content (AvgIpc) is 2.71. The summed E-state index contributed by atoms with van der Waals surface area (Å²) in [7, 11) is 1.82. The lowest BCUT2D eigenvalue weighted by Crippen LogP contribution is -2.32. The molecule has 0 aliphatic rings. The van der Waals surface area contributed by atoms with Gasteiger partial charge in [0, 0.05) is 54.9 Å². The first-order valence-corrected chi connectivity index (χ1v) is 9.30. The van der Waals surface area contributed by atoms with E-state index < -0.39 is 0 Å². The maximum absolute atomic E-state index is 12.4. The fraction of sp³-hybridized carbons (Fsp3) is 0.273. The Balaban J connectivity index is 1.69. The smallest absolute Gasteiger partial charge is 0.253 e. The first kappa shape index (κ1) is 19.5. The minimum atomic E-state index is 0.0305. The fourth-order valence-corrected chi connectivity index (χ4v) is 2.69. The van der Waals surface area contributed by atoms with Gasteiger partial charge in [-0.25, -0.2) is 9.97 Å². The number of benzene rings is 1. The average molecular weight is 375 g/mol. The summed E-state index contributed by atoms with van der Waals surface area (Å²) in [5.74, 6) is 1.46. The molecule has 28 heavy (non-hydrogen) atoms. The van der Waals surface area contributed by atoms with Crippen molar-refractivity contribution in [2.24, 2.45) is 0 Å². The normalized spacial score (nSPS) is 10.8. The van der Waals surface area contributed by atoms with E-state index in [1.807, 2.05) is 70.3 Å². The van der Waals surface area contributed by atoms with Gasteiger partial charge in [-0.1, -0.05) is 12.1 Å². The second kappa shape index (κ2) is 8.61. The number of carbonyl (C=O) groups is 1. The van der Waals surface area contributed by atoms with Crippen LogP contribution in [0.4, 0.5) is 5.82 Å². The van der Waals surface area contributed by atoms with Crippen molar-refractivity contribution in [3.8, 4) is 11.4 Å². The van der Waals surface area contributed by atoms with Crippen molar-refractivity contribution in [1.29, 1.82) is 0 Å². The van der Waals surface area contributed by atoms with Crippen molar-refractivity contribution >= 4 is 11.7 Å². The van der Waals surface area contributed by atoms with E-state index in [2.05, 4.69) is 20.3 Å². The van der Waals surface area contributed by atoms with Gasteiger partial charge in [0.2, 0.25) is 0 Å². The van der Waals surface area contributed by atoms with Crippen LogP contribution in [0.25, 0.3) is 11.4 Å². The molecule has 6 nitrogen and oxygen atoms in total. The summed E-state index contributed by atoms with van der Waals surface area (Å²) in [5.41, 5.74) is 3.59. The van der Waals surface area contributed by atoms with Gasteiger partial charge in [0.05, 0.1) is 0 Å². The lowest BCUT2D eigenvalue weighted by atomic mass is 10.1. The Bertz CT molecular complexity index is 939. The van der Waals surface area contributed by atoms with Gasteiger partial charge in [-0.05, 0) is 50.6 Å². The number of nitrogens with zero attached hydrogens (tertiary/aromatic N) is 4. The minimum Gasteiger partial charge on any atom is -0.366 e. The summed E-state index contributed by atoms with van der Waals surface area (Å²) in [6, 6.07) is 13.5. The highest BCUT2D eigenvalue weighted by atomic mass is 16.2. The van der Waals surface area contributed by atoms with Crippen LogP contribution in [0, 0.1) is 6.92 Å². The predicted molar refractivity (Wildman–Crippen MR) is 111 cm³/mol. The maximum Gasteiger partial charge on any atom is 0.253 e. The number of anilines is 1. The summed E-state index contributed by atoms with van der Waals surface area (Å²) in [5, 5.41) is 3.34. The third-order valence-corrected chi connectivity index (χ3v) is 4.56. The van der Waals surface area contributed by atoms with Gasteiger partial charge in [0.1, 0.15) is 5.82 Å². The van der Waals surface area contributed by atoms with Crippen LogP contribution in [0.2, 0.25) is 0 Å². The molecule has 0 aliphatic carbocycles. The third kappa shape index (κ3) is 4.71. The lowest BCUT2D eigenvalue weighted by molar-refractivity contribution is 0.0755. The van der Waals surface area contributed by atoms with E-state index in [0.29, 0.717) is 17.9 Å². The molecule has 0 spiro atoms. The maximum atomic E-state index is 12.4. The van der Waals surface area contributed by atoms with E-state index in [1.54, 1.807) is 17.3 Å². The van der Waals surface area contributed by atoms with Gasteiger partial charge in [-0.2, -0.15) is 0 Å². The molecular formula is C22H25N5O. The van der Waals surface area contributed by atoms with Gasteiger partial charge in [0.15, 0.2) is 5.82 Å². The van der Waals surface area contributed by atoms with E-state index >= 15 is 0 Å². The van der Waals surface area contributed by atoms with E-state index in [0.717, 1.165) is 22.6 Å². The highest BCUT2D eigenvalue weighted by Crippen LogP contribution is 2.17. The summed E-state index contributed by atoms with van der Waals surface area (Å²) in [4.78, 5) is 27.2. The third-order valence-electron chi connectivity index (χ3n) is 4.56. The number of carbonyl (C=O) groups excluding carboxylic acids is 1. The first-order chi connectivity index (χ1) is 13.4. The molecule has 0 saturated carbocycles. The molecule has 0 unspecified atom stereocenters. The molecule has 0 fully saturated rings. The molecule has 0 saturated heterocycles. The number of aromatic nitrogens is 3. The van der Waals surface area contributed by atoms with Crippen molar-refractivity contribution in [2.75, 3.05) is 12.4 Å². The lowest BCUT2D eigenvalue weighted by Gasteiger charge is -2.21. The topological polar surface area (TPSA) is 71.0 Å². The van der Waals surface area contributed by atoms with Crippen LogP contribution in [0.3, 0.4) is 0 Å². The van der Waals surface area contributed by atoms with Crippen LogP contribution < -0.4 is 5.32 Å². The number of pyridine rings is 1. The molecule has 0 aliphatic heterocycles. The summed E-state index contributed by atoms with van der Waals surface area (Å²) in [6.45, 7) is 6.56. The Hall–Kier alpha value is -3.28. The molecule has 3 aromatic rings. The Kier molecular flexibility index (Phi) is 5.99. The molecule has 1 N–H and O–H groups in total. The van der Waals surface area contributed by atoms with Crippen molar-refractivity contribution in [3.05, 3.63) is 71.7 Å². The van der Waals surface area contributed by atoms with Crippen LogP contribution in [0.5, 0.6) is 0 Å². The molecule has 0 bridgehead atoms. The molecule has 1 amide bonds. The van der Waals surface area contributed by atoms with E-state index in [-0.39, 0.29) is 11.9 Å². The van der Waals surface area contributed by atoms with E-state index in [1.165, 1.54) is 0 Å². The fourth-order valence-electron chi connectivity index (χ4n) is 2.69. The van der Waals surface area contributed by atoms with Gasteiger partial charge in [0.25, 0.3) is 5.91 Å². The van der Waals surface area contributed by atoms with Crippen LogP contribution in [0.1, 0.15) is 35.5 Å². The second-order valence-electron chi connectivity index (χ2n) is 7.01. The minimum absolute atomic E-state index is 0.0305. The number of rotatable bonds is 6. The summed E-state index contributed by atoms with van der Waals surface area (Å²) in [6.07, 6.45) is 3.46. The Morgan fingerprint density at radius 1 is 1.07 bits per heavy atom. The zero-order valence-electron chi connectivity index (χ0n) is 16.7. The molecule has 0 radical (unpaired) electrons. The molecule has 0 atom stereocenters. The zero-order valence-corrected chi connectivity index (χ0v) is 16.7. The van der Waals surface area contributed by atoms with Crippen LogP contribution in [-0.2, 0) is 6.54 Å². The Morgan fingerprint density at radius 3 is 2.39 bits per heavy atom. The monoisotopic (exact) mass is 375 g/mol. The number of hydrogen-bond donors (Lipinski definition) is 1.